The fourth-order valence-corrected chi connectivity index (χ4v) is 2.74. The molecule has 3 heterocycles. The van der Waals surface area contributed by atoms with Crippen molar-refractivity contribution in [3.8, 4) is 0 Å². The van der Waals surface area contributed by atoms with Crippen molar-refractivity contribution in [3.63, 3.8) is 0 Å². The van der Waals surface area contributed by atoms with Crippen LogP contribution >= 0.6 is 0 Å². The number of hydrogen-bond acceptors (Lipinski definition) is 12. The Morgan fingerprint density at radius 3 is 1.39 bits per heavy atom. The van der Waals surface area contributed by atoms with Gasteiger partial charge in [0.15, 0.2) is 0 Å². The summed E-state index contributed by atoms with van der Waals surface area (Å²) in [6, 6.07) is 0. The summed E-state index contributed by atoms with van der Waals surface area (Å²) in [5.74, 6) is 0. The molecule has 12 nitrogen and oxygen atoms in total. The van der Waals surface area contributed by atoms with Gasteiger partial charge in [0.2, 0.25) is 0 Å². The van der Waals surface area contributed by atoms with E-state index in [0.29, 0.717) is 0 Å². The number of piperazine rings is 1. The summed E-state index contributed by atoms with van der Waals surface area (Å²) in [6.07, 6.45) is 2.61. The van der Waals surface area contributed by atoms with Crippen LogP contribution in [0.5, 0.6) is 0 Å². The largest absolute Gasteiger partial charge is 2.00 e. The van der Waals surface area contributed by atoms with Crippen LogP contribution in [0.2, 0.25) is 0 Å². The summed E-state index contributed by atoms with van der Waals surface area (Å²) >= 11 is 0. The molecule has 0 aliphatic carbocycles. The Morgan fingerprint density at radius 2 is 0.964 bits per heavy atom. The maximum atomic E-state index is 8.49. The van der Waals surface area contributed by atoms with E-state index in [4.69, 9.17) is 37.3 Å². The van der Waals surface area contributed by atoms with Crippen molar-refractivity contribution < 1.29 is 74.8 Å². The van der Waals surface area contributed by atoms with E-state index in [0.717, 1.165) is 6.54 Å². The van der Waals surface area contributed by atoms with Crippen LogP contribution in [0.3, 0.4) is 0 Å². The van der Waals surface area contributed by atoms with Crippen molar-refractivity contribution in [3.05, 3.63) is 0 Å². The van der Waals surface area contributed by atoms with E-state index in [-0.39, 0.29) is 17.1 Å². The average Bonchev–Trinajstić information content (AvgIpc) is 2.49. The number of fused-ring (bicyclic) bond motifs is 11. The van der Waals surface area contributed by atoms with Gasteiger partial charge in [-0.3, -0.25) is 0 Å². The van der Waals surface area contributed by atoms with Crippen molar-refractivity contribution in [1.29, 1.82) is 0 Å². The van der Waals surface area contributed by atoms with Gasteiger partial charge in [-0.25, -0.2) is 37.3 Å². The van der Waals surface area contributed by atoms with Crippen LogP contribution in [0.15, 0.2) is 0 Å². The first kappa shape index (κ1) is 30.8. The van der Waals surface area contributed by atoms with Gasteiger partial charge in [-0.05, 0) is 46.1 Å². The molecular formula is C13H28Cl2CuN4O8. The Bertz CT molecular complexity index is 345. The molecule has 3 aliphatic heterocycles. The molecule has 3 aliphatic rings. The summed E-state index contributed by atoms with van der Waals surface area (Å²) in [4.78, 5) is 7.71. The van der Waals surface area contributed by atoms with Crippen LogP contribution in [-0.2, 0) is 17.1 Å². The monoisotopic (exact) mass is 501 g/mol. The third kappa shape index (κ3) is 26.6. The molecule has 28 heavy (non-hydrogen) atoms. The first-order chi connectivity index (χ1) is 12.3. The summed E-state index contributed by atoms with van der Waals surface area (Å²) < 4.78 is 67.9. The zero-order valence-electron chi connectivity index (χ0n) is 15.7. The van der Waals surface area contributed by atoms with Crippen molar-refractivity contribution in [1.82, 2.24) is 20.0 Å². The van der Waals surface area contributed by atoms with E-state index in [9.17, 15) is 0 Å². The van der Waals surface area contributed by atoms with Gasteiger partial charge in [-0.2, -0.15) is 0 Å². The quantitative estimate of drug-likeness (QED) is 0.306. The Morgan fingerprint density at radius 1 is 0.571 bits per heavy atom. The molecule has 0 aromatic heterocycles. The summed E-state index contributed by atoms with van der Waals surface area (Å²) in [7, 11) is -7.65. The van der Waals surface area contributed by atoms with Crippen LogP contribution < -0.4 is 42.6 Å². The SMILES string of the molecule is CN1CCCN2CCN(CCCNCC1)CC2.[Cu+2].[O-][Cl+3]([O-])([O-])[O-].[O-][Cl+3]([O-])([O-])[O-]. The molecular weight excluding hydrogens is 475 g/mol. The van der Waals surface area contributed by atoms with Gasteiger partial charge in [0, 0.05) is 39.3 Å². The molecule has 0 aromatic rings. The number of likely N-dealkylation sites (N-methyl/N-ethyl adjacent to an activating group) is 1. The second kappa shape index (κ2) is 16.3. The van der Waals surface area contributed by atoms with Gasteiger partial charge in [0.1, 0.15) is 0 Å². The minimum Gasteiger partial charge on any atom is -0.315 e. The van der Waals surface area contributed by atoms with E-state index in [1.807, 2.05) is 0 Å². The first-order valence-electron chi connectivity index (χ1n) is 8.42. The minimum atomic E-state index is -4.94. The van der Waals surface area contributed by atoms with Crippen molar-refractivity contribution in [2.24, 2.45) is 0 Å². The summed E-state index contributed by atoms with van der Waals surface area (Å²) in [5, 5.41) is 3.55. The Balaban J connectivity index is 0. The van der Waals surface area contributed by atoms with Crippen LogP contribution in [0.1, 0.15) is 12.8 Å². The van der Waals surface area contributed by atoms with Crippen molar-refractivity contribution >= 4 is 0 Å². The van der Waals surface area contributed by atoms with Crippen molar-refractivity contribution in [2.45, 2.75) is 12.8 Å². The maximum Gasteiger partial charge on any atom is 2.00 e. The average molecular weight is 503 g/mol. The molecule has 1 N–H and O–H groups in total. The molecule has 3 fully saturated rings. The molecule has 0 saturated carbocycles. The van der Waals surface area contributed by atoms with E-state index in [1.54, 1.807) is 0 Å². The van der Waals surface area contributed by atoms with E-state index in [2.05, 4.69) is 27.1 Å². The normalized spacial score (nSPS) is 25.2. The molecule has 3 rings (SSSR count). The number of hydrogen-bond donors (Lipinski definition) is 1. The fraction of sp³-hybridized carbons (Fsp3) is 1.00. The zero-order valence-corrected chi connectivity index (χ0v) is 18.1. The maximum absolute atomic E-state index is 8.49. The van der Waals surface area contributed by atoms with Crippen molar-refractivity contribution in [2.75, 3.05) is 72.5 Å². The molecule has 0 atom stereocenters. The topological polar surface area (TPSA) is 206 Å². The fourth-order valence-electron chi connectivity index (χ4n) is 2.74. The standard InChI is InChI=1S/C13H28N4.2ClHO4.Cu/c1-15-6-3-8-17-12-10-16(11-13-17)7-2-4-14-5-9-15;2*2-1(3,4)5;/h14H,2-13H2,1H3;2*(H,2,3,4,5);/q;;;+2/p-2. The van der Waals surface area contributed by atoms with Gasteiger partial charge in [-0.1, -0.05) is 0 Å². The number of nitrogens with zero attached hydrogens (tertiary/aromatic N) is 3. The predicted octanol–water partition coefficient (Wildman–Crippen LogP) is -9.60. The van der Waals surface area contributed by atoms with Gasteiger partial charge < -0.3 is 20.0 Å². The number of rotatable bonds is 0. The smallest absolute Gasteiger partial charge is 0.315 e. The molecule has 3 saturated heterocycles. The van der Waals surface area contributed by atoms with Gasteiger partial charge in [0.05, 0.1) is 0 Å². The van der Waals surface area contributed by atoms with E-state index in [1.165, 1.54) is 71.7 Å². The van der Waals surface area contributed by atoms with Crippen LogP contribution in [0, 0.1) is 20.5 Å². The molecule has 1 radical (unpaired) electrons. The Kier molecular flexibility index (Phi) is 18.0. The number of nitrogens with one attached hydrogen (secondary N) is 1. The molecule has 2 bridgehead atoms. The third-order valence-corrected chi connectivity index (χ3v) is 3.98. The van der Waals surface area contributed by atoms with E-state index >= 15 is 0 Å². The van der Waals surface area contributed by atoms with Crippen LogP contribution in [0.25, 0.3) is 0 Å². The Hall–Kier alpha value is 0.619. The number of halogens is 2. The van der Waals surface area contributed by atoms with Gasteiger partial charge >= 0.3 is 17.1 Å². The molecule has 0 amide bonds. The van der Waals surface area contributed by atoms with Gasteiger partial charge in [-0.15, -0.1) is 20.5 Å². The zero-order chi connectivity index (χ0) is 20.9. The molecule has 0 unspecified atom stereocenters. The summed E-state index contributed by atoms with van der Waals surface area (Å²) in [5.41, 5.74) is 0. The molecule has 15 heteroatoms. The Labute approximate surface area is 180 Å². The summed E-state index contributed by atoms with van der Waals surface area (Å²) in [6.45, 7) is 12.4. The predicted molar refractivity (Wildman–Crippen MR) is 72.5 cm³/mol. The van der Waals surface area contributed by atoms with Crippen LogP contribution in [-0.4, -0.2) is 87.2 Å². The molecule has 0 aromatic carbocycles. The molecule has 0 spiro atoms. The second-order valence-electron chi connectivity index (χ2n) is 6.20. The first-order valence-corrected chi connectivity index (χ1v) is 10.9. The molecule has 173 valence electrons. The van der Waals surface area contributed by atoms with E-state index < -0.39 is 20.5 Å². The minimum absolute atomic E-state index is 0. The third-order valence-electron chi connectivity index (χ3n) is 3.98. The second-order valence-corrected chi connectivity index (χ2v) is 7.71. The van der Waals surface area contributed by atoms with Crippen LogP contribution in [0.4, 0.5) is 0 Å². The van der Waals surface area contributed by atoms with Gasteiger partial charge in [0.25, 0.3) is 0 Å².